The number of rotatable bonds is 5. The quantitative estimate of drug-likeness (QED) is 0.684. The Bertz CT molecular complexity index is 957. The van der Waals surface area contributed by atoms with Crippen molar-refractivity contribution in [3.8, 4) is 0 Å². The van der Waals surface area contributed by atoms with Crippen LogP contribution in [0.25, 0.3) is 11.0 Å². The zero-order valence-corrected chi connectivity index (χ0v) is 14.7. The number of alkyl halides is 2. The van der Waals surface area contributed by atoms with Crippen LogP contribution in [0.3, 0.4) is 0 Å². The van der Waals surface area contributed by atoms with E-state index in [9.17, 15) is 13.6 Å². The molecule has 0 saturated carbocycles. The number of nitrogens with zero attached hydrogens (tertiary/aromatic N) is 2. The highest BCUT2D eigenvalue weighted by atomic mass is 32.2. The fourth-order valence-corrected chi connectivity index (χ4v) is 4.07. The Morgan fingerprint density at radius 1 is 1.23 bits per heavy atom. The third-order valence-electron chi connectivity index (χ3n) is 4.58. The number of aromatic nitrogens is 2. The first-order valence-corrected chi connectivity index (χ1v) is 9.27. The summed E-state index contributed by atoms with van der Waals surface area (Å²) in [5, 5.41) is 3.19. The van der Waals surface area contributed by atoms with Crippen LogP contribution in [0.2, 0.25) is 0 Å². The second-order valence-corrected chi connectivity index (χ2v) is 7.16. The Kier molecular flexibility index (Phi) is 4.63. The zero-order chi connectivity index (χ0) is 18.1. The van der Waals surface area contributed by atoms with Crippen LogP contribution in [0.15, 0.2) is 53.7 Å². The lowest BCUT2D eigenvalue weighted by atomic mass is 10.1. The number of carbonyl (C=O) groups excluding carboxylic acids is 1. The summed E-state index contributed by atoms with van der Waals surface area (Å²) in [6, 6.07) is 15.2. The van der Waals surface area contributed by atoms with Crippen LogP contribution in [0.5, 0.6) is 0 Å². The van der Waals surface area contributed by atoms with E-state index in [1.54, 1.807) is 22.8 Å². The molecule has 134 valence electrons. The van der Waals surface area contributed by atoms with Crippen LogP contribution in [0.1, 0.15) is 23.6 Å². The van der Waals surface area contributed by atoms with Gasteiger partial charge in [0.15, 0.2) is 5.16 Å². The minimum absolute atomic E-state index is 0.0281. The van der Waals surface area contributed by atoms with Gasteiger partial charge >= 0.3 is 0 Å². The van der Waals surface area contributed by atoms with Crippen molar-refractivity contribution in [3.63, 3.8) is 0 Å². The summed E-state index contributed by atoms with van der Waals surface area (Å²) in [4.78, 5) is 16.8. The van der Waals surface area contributed by atoms with Gasteiger partial charge in [-0.05, 0) is 47.9 Å². The number of nitrogens with one attached hydrogen (secondary N) is 1. The van der Waals surface area contributed by atoms with Gasteiger partial charge in [0.05, 0.1) is 17.1 Å². The standard InChI is InChI=1S/C19H17F2N3OS/c20-18(21)26-19-23-15-7-3-4-8-16(15)24(19)11-17(25)22-14-10-9-12-5-1-2-6-13(12)14/h1-8,14,18H,9-11H2,(H,22,25)/t14-/m1/s1. The summed E-state index contributed by atoms with van der Waals surface area (Å²) >= 11 is 0.363. The summed E-state index contributed by atoms with van der Waals surface area (Å²) in [5.41, 5.74) is 3.67. The topological polar surface area (TPSA) is 46.9 Å². The molecule has 4 nitrogen and oxygen atoms in total. The summed E-state index contributed by atoms with van der Waals surface area (Å²) in [6.07, 6.45) is 1.79. The molecular weight excluding hydrogens is 356 g/mol. The Labute approximate surface area is 153 Å². The number of amides is 1. The molecule has 26 heavy (non-hydrogen) atoms. The van der Waals surface area contributed by atoms with E-state index >= 15 is 0 Å². The van der Waals surface area contributed by atoms with Crippen LogP contribution < -0.4 is 5.32 Å². The number of thioether (sulfide) groups is 1. The van der Waals surface area contributed by atoms with Crippen molar-refractivity contribution in [3.05, 3.63) is 59.7 Å². The van der Waals surface area contributed by atoms with Crippen molar-refractivity contribution in [1.82, 2.24) is 14.9 Å². The third-order valence-corrected chi connectivity index (χ3v) is 5.28. The van der Waals surface area contributed by atoms with Gasteiger partial charge in [0.2, 0.25) is 5.91 Å². The van der Waals surface area contributed by atoms with Crippen molar-refractivity contribution in [2.45, 2.75) is 36.3 Å². The highest BCUT2D eigenvalue weighted by Gasteiger charge is 2.24. The van der Waals surface area contributed by atoms with Crippen molar-refractivity contribution < 1.29 is 13.6 Å². The lowest BCUT2D eigenvalue weighted by molar-refractivity contribution is -0.122. The molecule has 0 fully saturated rings. The first-order chi connectivity index (χ1) is 12.6. The first-order valence-electron chi connectivity index (χ1n) is 8.39. The maximum Gasteiger partial charge on any atom is 0.291 e. The number of halogens is 2. The van der Waals surface area contributed by atoms with Crippen LogP contribution in [0.4, 0.5) is 8.78 Å². The predicted octanol–water partition coefficient (Wildman–Crippen LogP) is 4.15. The van der Waals surface area contributed by atoms with E-state index in [-0.39, 0.29) is 23.7 Å². The lowest BCUT2D eigenvalue weighted by Gasteiger charge is -2.15. The molecule has 7 heteroatoms. The monoisotopic (exact) mass is 373 g/mol. The number of fused-ring (bicyclic) bond motifs is 2. The third kappa shape index (κ3) is 3.31. The number of imidazole rings is 1. The van der Waals surface area contributed by atoms with Gasteiger partial charge in [-0.1, -0.05) is 36.4 Å². The van der Waals surface area contributed by atoms with Crippen molar-refractivity contribution in [2.75, 3.05) is 0 Å². The number of benzene rings is 2. The molecule has 2 aromatic carbocycles. The molecule has 4 rings (SSSR count). The molecule has 0 saturated heterocycles. The number of aryl methyl sites for hydroxylation is 1. The van der Waals surface area contributed by atoms with Crippen LogP contribution >= 0.6 is 11.8 Å². The van der Waals surface area contributed by atoms with Crippen LogP contribution in [-0.2, 0) is 17.8 Å². The molecule has 0 radical (unpaired) electrons. The van der Waals surface area contributed by atoms with Gasteiger partial charge in [-0.25, -0.2) is 4.98 Å². The smallest absolute Gasteiger partial charge is 0.291 e. The number of hydrogen-bond acceptors (Lipinski definition) is 3. The number of para-hydroxylation sites is 2. The van der Waals surface area contributed by atoms with E-state index in [2.05, 4.69) is 16.4 Å². The molecule has 1 amide bonds. The van der Waals surface area contributed by atoms with Gasteiger partial charge in [-0.15, -0.1) is 0 Å². The van der Waals surface area contributed by atoms with Crippen molar-refractivity contribution >= 4 is 28.7 Å². The minimum Gasteiger partial charge on any atom is -0.348 e. The summed E-state index contributed by atoms with van der Waals surface area (Å²) in [7, 11) is 0. The van der Waals surface area contributed by atoms with Gasteiger partial charge in [-0.2, -0.15) is 8.78 Å². The Morgan fingerprint density at radius 3 is 2.85 bits per heavy atom. The average molecular weight is 373 g/mol. The molecule has 1 heterocycles. The van der Waals surface area contributed by atoms with E-state index in [0.717, 1.165) is 18.4 Å². The van der Waals surface area contributed by atoms with E-state index in [4.69, 9.17) is 0 Å². The first kappa shape index (κ1) is 17.0. The van der Waals surface area contributed by atoms with Gasteiger partial charge in [0.25, 0.3) is 5.76 Å². The van der Waals surface area contributed by atoms with Crippen LogP contribution in [-0.4, -0.2) is 21.2 Å². The van der Waals surface area contributed by atoms with Gasteiger partial charge in [0, 0.05) is 0 Å². The lowest BCUT2D eigenvalue weighted by Crippen LogP contribution is -2.30. The van der Waals surface area contributed by atoms with E-state index in [1.807, 2.05) is 24.3 Å². The molecule has 1 atom stereocenters. The maximum atomic E-state index is 12.9. The maximum absolute atomic E-state index is 12.9. The molecule has 1 aliphatic carbocycles. The molecule has 0 aliphatic heterocycles. The summed E-state index contributed by atoms with van der Waals surface area (Å²) in [5.74, 6) is -2.79. The Morgan fingerprint density at radius 2 is 2.00 bits per heavy atom. The zero-order valence-electron chi connectivity index (χ0n) is 13.9. The predicted molar refractivity (Wildman–Crippen MR) is 97.2 cm³/mol. The summed E-state index contributed by atoms with van der Waals surface area (Å²) in [6.45, 7) is -0.0335. The highest BCUT2D eigenvalue weighted by Crippen LogP contribution is 2.31. The number of carbonyl (C=O) groups is 1. The van der Waals surface area contributed by atoms with Crippen molar-refractivity contribution in [2.24, 2.45) is 0 Å². The SMILES string of the molecule is O=C(Cn1c(SC(F)F)nc2ccccc21)N[C@@H]1CCc2ccccc21. The highest BCUT2D eigenvalue weighted by molar-refractivity contribution is 7.99. The minimum atomic E-state index is -2.59. The average Bonchev–Trinajstić information content (AvgIpc) is 3.17. The van der Waals surface area contributed by atoms with Gasteiger partial charge in [0.1, 0.15) is 6.54 Å². The molecule has 3 aromatic rings. The van der Waals surface area contributed by atoms with Crippen LogP contribution in [0, 0.1) is 0 Å². The van der Waals surface area contributed by atoms with E-state index in [1.165, 1.54) is 5.56 Å². The molecule has 1 aromatic heterocycles. The largest absolute Gasteiger partial charge is 0.348 e. The normalized spacial score (nSPS) is 16.2. The molecule has 1 N–H and O–H groups in total. The summed E-state index contributed by atoms with van der Waals surface area (Å²) < 4.78 is 27.3. The molecule has 0 unspecified atom stereocenters. The van der Waals surface area contributed by atoms with E-state index in [0.29, 0.717) is 22.8 Å². The Hall–Kier alpha value is -2.41. The van der Waals surface area contributed by atoms with Gasteiger partial charge in [-0.3, -0.25) is 4.79 Å². The fourth-order valence-electron chi connectivity index (χ4n) is 3.47. The second-order valence-electron chi connectivity index (χ2n) is 6.21. The molecule has 1 aliphatic rings. The second kappa shape index (κ2) is 7.07. The van der Waals surface area contributed by atoms with Gasteiger partial charge < -0.3 is 9.88 Å². The fraction of sp³-hybridized carbons (Fsp3) is 0.263. The van der Waals surface area contributed by atoms with E-state index < -0.39 is 5.76 Å². The number of hydrogen-bond donors (Lipinski definition) is 1. The Balaban J connectivity index is 1.56. The molecule has 0 spiro atoms. The molecule has 0 bridgehead atoms. The molecular formula is C19H17F2N3OS. The van der Waals surface area contributed by atoms with Crippen molar-refractivity contribution in [1.29, 1.82) is 0 Å².